The summed E-state index contributed by atoms with van der Waals surface area (Å²) >= 11 is 1.49. The number of fused-ring (bicyclic) bond motifs is 1. The summed E-state index contributed by atoms with van der Waals surface area (Å²) in [5, 5.41) is 1.89. The number of hydrogen-bond donors (Lipinski definition) is 0. The van der Waals surface area contributed by atoms with Gasteiger partial charge in [-0.2, -0.15) is 0 Å². The van der Waals surface area contributed by atoms with Gasteiger partial charge in [-0.05, 0) is 32.3 Å². The molecule has 0 aliphatic carbocycles. The van der Waals surface area contributed by atoms with Crippen LogP contribution in [0.5, 0.6) is 0 Å². The second-order valence-electron chi connectivity index (χ2n) is 6.37. The molecule has 0 N–H and O–H groups in total. The first kappa shape index (κ1) is 17.7. The molecule has 1 aromatic carbocycles. The number of nitrogens with zero attached hydrogens (tertiary/aromatic N) is 3. The van der Waals surface area contributed by atoms with Crippen molar-refractivity contribution in [3.8, 4) is 0 Å². The molecule has 0 aliphatic heterocycles. The van der Waals surface area contributed by atoms with Crippen molar-refractivity contribution < 1.29 is 4.79 Å². The fourth-order valence-electron chi connectivity index (χ4n) is 2.59. The second kappa shape index (κ2) is 7.77. The Morgan fingerprint density at radius 3 is 2.61 bits per heavy atom. The van der Waals surface area contributed by atoms with E-state index < -0.39 is 0 Å². The molecular formula is C18H25N3OS. The fraction of sp³-hybridized carbons (Fsp3) is 0.500. The normalized spacial score (nSPS) is 12.6. The SMILES string of the molecule is Cc1nc(SCC(=O)N(C)C(C)CC(C)C)c2ccccc2n1. The van der Waals surface area contributed by atoms with E-state index in [1.165, 1.54) is 11.8 Å². The lowest BCUT2D eigenvalue weighted by Crippen LogP contribution is -2.37. The van der Waals surface area contributed by atoms with Gasteiger partial charge in [-0.1, -0.05) is 43.8 Å². The molecule has 2 aromatic rings. The van der Waals surface area contributed by atoms with E-state index in [4.69, 9.17) is 0 Å². The highest BCUT2D eigenvalue weighted by Gasteiger charge is 2.17. The molecule has 0 spiro atoms. The molecule has 1 atom stereocenters. The number of aryl methyl sites for hydroxylation is 1. The van der Waals surface area contributed by atoms with Crippen molar-refractivity contribution in [1.29, 1.82) is 0 Å². The highest BCUT2D eigenvalue weighted by molar-refractivity contribution is 8.00. The molecule has 1 unspecified atom stereocenters. The third-order valence-electron chi connectivity index (χ3n) is 3.88. The van der Waals surface area contributed by atoms with Gasteiger partial charge >= 0.3 is 0 Å². The number of benzene rings is 1. The van der Waals surface area contributed by atoms with Gasteiger partial charge in [0.2, 0.25) is 5.91 Å². The molecule has 0 saturated heterocycles. The summed E-state index contributed by atoms with van der Waals surface area (Å²) in [4.78, 5) is 23.2. The van der Waals surface area contributed by atoms with E-state index in [0.717, 1.165) is 28.2 Å². The Labute approximate surface area is 142 Å². The summed E-state index contributed by atoms with van der Waals surface area (Å²) in [6.07, 6.45) is 1.02. The number of amides is 1. The van der Waals surface area contributed by atoms with Crippen LogP contribution in [0.1, 0.15) is 33.0 Å². The number of para-hydroxylation sites is 1. The molecule has 0 saturated carbocycles. The maximum Gasteiger partial charge on any atom is 0.232 e. The molecule has 0 bridgehead atoms. The average molecular weight is 331 g/mol. The molecule has 5 heteroatoms. The van der Waals surface area contributed by atoms with Crippen molar-refractivity contribution in [1.82, 2.24) is 14.9 Å². The summed E-state index contributed by atoms with van der Waals surface area (Å²) in [6, 6.07) is 8.19. The van der Waals surface area contributed by atoms with E-state index >= 15 is 0 Å². The minimum Gasteiger partial charge on any atom is -0.342 e. The Balaban J connectivity index is 2.07. The Morgan fingerprint density at radius 2 is 1.91 bits per heavy atom. The summed E-state index contributed by atoms with van der Waals surface area (Å²) in [7, 11) is 1.89. The number of aromatic nitrogens is 2. The van der Waals surface area contributed by atoms with Gasteiger partial charge in [0, 0.05) is 18.5 Å². The van der Waals surface area contributed by atoms with Gasteiger partial charge in [0.05, 0.1) is 11.3 Å². The van der Waals surface area contributed by atoms with E-state index in [9.17, 15) is 4.79 Å². The van der Waals surface area contributed by atoms with Gasteiger partial charge in [0.1, 0.15) is 10.9 Å². The molecule has 0 aliphatic rings. The molecule has 4 nitrogen and oxygen atoms in total. The summed E-state index contributed by atoms with van der Waals surface area (Å²) in [5.41, 5.74) is 0.927. The van der Waals surface area contributed by atoms with Gasteiger partial charge in [0.25, 0.3) is 0 Å². The molecule has 1 aromatic heterocycles. The quantitative estimate of drug-likeness (QED) is 0.594. The molecule has 0 fully saturated rings. The van der Waals surface area contributed by atoms with Crippen molar-refractivity contribution >= 4 is 28.6 Å². The van der Waals surface area contributed by atoms with Gasteiger partial charge in [-0.3, -0.25) is 4.79 Å². The highest BCUT2D eigenvalue weighted by atomic mass is 32.2. The number of carbonyl (C=O) groups excluding carboxylic acids is 1. The first-order chi connectivity index (χ1) is 10.9. The van der Waals surface area contributed by atoms with E-state index in [0.29, 0.717) is 11.7 Å². The van der Waals surface area contributed by atoms with Gasteiger partial charge < -0.3 is 4.90 Å². The van der Waals surface area contributed by atoms with E-state index in [1.54, 1.807) is 0 Å². The van der Waals surface area contributed by atoms with Crippen LogP contribution in [0.15, 0.2) is 29.3 Å². The molecule has 124 valence electrons. The largest absolute Gasteiger partial charge is 0.342 e. The van der Waals surface area contributed by atoms with Crippen LogP contribution in [0.3, 0.4) is 0 Å². The smallest absolute Gasteiger partial charge is 0.232 e. The van der Waals surface area contributed by atoms with Gasteiger partial charge in [-0.15, -0.1) is 0 Å². The summed E-state index contributed by atoms with van der Waals surface area (Å²) in [5.74, 6) is 1.87. The van der Waals surface area contributed by atoms with E-state index in [2.05, 4.69) is 30.7 Å². The lowest BCUT2D eigenvalue weighted by Gasteiger charge is -2.26. The lowest BCUT2D eigenvalue weighted by atomic mass is 10.0. The van der Waals surface area contributed by atoms with Crippen molar-refractivity contribution in [2.75, 3.05) is 12.8 Å². The Bertz CT molecular complexity index is 687. The van der Waals surface area contributed by atoms with Crippen LogP contribution in [-0.2, 0) is 4.79 Å². The van der Waals surface area contributed by atoms with Crippen LogP contribution in [0, 0.1) is 12.8 Å². The maximum atomic E-state index is 12.4. The Kier molecular flexibility index (Phi) is 5.99. The average Bonchev–Trinajstić information content (AvgIpc) is 2.50. The predicted octanol–water partition coefficient (Wildman–Crippen LogP) is 3.92. The van der Waals surface area contributed by atoms with Crippen LogP contribution in [0.4, 0.5) is 0 Å². The third-order valence-corrected chi connectivity index (χ3v) is 4.86. The molecule has 1 heterocycles. The van der Waals surface area contributed by atoms with Crippen molar-refractivity contribution in [3.63, 3.8) is 0 Å². The zero-order valence-corrected chi connectivity index (χ0v) is 15.4. The number of rotatable bonds is 6. The molecular weight excluding hydrogens is 306 g/mol. The van der Waals surface area contributed by atoms with Crippen LogP contribution >= 0.6 is 11.8 Å². The summed E-state index contributed by atoms with van der Waals surface area (Å²) in [6.45, 7) is 8.35. The lowest BCUT2D eigenvalue weighted by molar-refractivity contribution is -0.129. The summed E-state index contributed by atoms with van der Waals surface area (Å²) < 4.78 is 0. The standard InChI is InChI=1S/C18H25N3OS/c1-12(2)10-13(3)21(5)17(22)11-23-18-15-8-6-7-9-16(15)19-14(4)20-18/h6-9,12-13H,10-11H2,1-5H3. The van der Waals surface area contributed by atoms with Gasteiger partial charge in [-0.25, -0.2) is 9.97 Å². The molecule has 23 heavy (non-hydrogen) atoms. The minimum atomic E-state index is 0.142. The zero-order valence-electron chi connectivity index (χ0n) is 14.5. The van der Waals surface area contributed by atoms with Crippen molar-refractivity contribution in [2.45, 2.75) is 45.2 Å². The second-order valence-corrected chi connectivity index (χ2v) is 7.33. The number of carbonyl (C=O) groups is 1. The predicted molar refractivity (Wildman–Crippen MR) is 96.7 cm³/mol. The first-order valence-corrected chi connectivity index (χ1v) is 8.99. The van der Waals surface area contributed by atoms with Crippen molar-refractivity contribution in [3.05, 3.63) is 30.1 Å². The topological polar surface area (TPSA) is 46.1 Å². The van der Waals surface area contributed by atoms with Crippen LogP contribution in [-0.4, -0.2) is 39.6 Å². The third kappa shape index (κ3) is 4.67. The number of thioether (sulfide) groups is 1. The van der Waals surface area contributed by atoms with E-state index in [1.807, 2.05) is 43.1 Å². The van der Waals surface area contributed by atoms with Crippen LogP contribution in [0.25, 0.3) is 10.9 Å². The maximum absolute atomic E-state index is 12.4. The Hall–Kier alpha value is -1.62. The van der Waals surface area contributed by atoms with Crippen LogP contribution < -0.4 is 0 Å². The fourth-order valence-corrected chi connectivity index (χ4v) is 3.58. The Morgan fingerprint density at radius 1 is 1.22 bits per heavy atom. The van der Waals surface area contributed by atoms with Crippen LogP contribution in [0.2, 0.25) is 0 Å². The first-order valence-electron chi connectivity index (χ1n) is 8.00. The highest BCUT2D eigenvalue weighted by Crippen LogP contribution is 2.25. The minimum absolute atomic E-state index is 0.142. The number of hydrogen-bond acceptors (Lipinski definition) is 4. The monoisotopic (exact) mass is 331 g/mol. The molecule has 2 rings (SSSR count). The van der Waals surface area contributed by atoms with E-state index in [-0.39, 0.29) is 11.9 Å². The zero-order chi connectivity index (χ0) is 17.0. The molecule has 0 radical (unpaired) electrons. The molecule has 1 amide bonds. The van der Waals surface area contributed by atoms with Gasteiger partial charge in [0.15, 0.2) is 0 Å². The van der Waals surface area contributed by atoms with Crippen molar-refractivity contribution in [2.24, 2.45) is 5.92 Å².